The molecule has 0 radical (unpaired) electrons. The number of rotatable bonds is 10. The van der Waals surface area contributed by atoms with Crippen LogP contribution >= 0.6 is 0 Å². The maximum atomic E-state index is 12.4. The molecule has 0 aromatic heterocycles. The number of hydrogen-bond acceptors (Lipinski definition) is 4. The molecule has 0 aliphatic rings. The van der Waals surface area contributed by atoms with Gasteiger partial charge in [-0.1, -0.05) is 30.3 Å². The van der Waals surface area contributed by atoms with Crippen molar-refractivity contribution in [3.63, 3.8) is 0 Å². The van der Waals surface area contributed by atoms with Crippen molar-refractivity contribution >= 4 is 10.0 Å². The number of sulfonamides is 1. The molecule has 21 heavy (non-hydrogen) atoms. The maximum absolute atomic E-state index is 12.4. The number of ether oxygens (including phenoxy) is 2. The van der Waals surface area contributed by atoms with Crippen LogP contribution in [0.5, 0.6) is 0 Å². The van der Waals surface area contributed by atoms with Crippen LogP contribution in [0.3, 0.4) is 0 Å². The van der Waals surface area contributed by atoms with E-state index >= 15 is 0 Å². The van der Waals surface area contributed by atoms with Crippen molar-refractivity contribution in [3.8, 4) is 0 Å². The second-order valence-corrected chi connectivity index (χ2v) is 7.09. The van der Waals surface area contributed by atoms with Gasteiger partial charge in [-0.2, -0.15) is 4.31 Å². The van der Waals surface area contributed by atoms with Crippen molar-refractivity contribution in [3.05, 3.63) is 35.9 Å². The molecule has 0 N–H and O–H groups in total. The summed E-state index contributed by atoms with van der Waals surface area (Å²) in [5, 5.41) is 0. The molecular weight excluding hydrogens is 290 g/mol. The molecule has 1 rings (SSSR count). The van der Waals surface area contributed by atoms with E-state index in [-0.39, 0.29) is 18.4 Å². The molecule has 0 saturated heterocycles. The standard InChI is InChI=1S/C15H25NO4S/c1-14(2)16(13-15-7-5-4-6-8-15)21(17,18)12-11-20-10-9-19-3/h4-8,14H,9-13H2,1-3H3. The van der Waals surface area contributed by atoms with Crippen LogP contribution in [0.25, 0.3) is 0 Å². The van der Waals surface area contributed by atoms with E-state index < -0.39 is 10.0 Å². The normalized spacial score (nSPS) is 12.2. The van der Waals surface area contributed by atoms with Gasteiger partial charge in [0.2, 0.25) is 10.0 Å². The molecule has 5 nitrogen and oxygen atoms in total. The molecule has 0 amide bonds. The lowest BCUT2D eigenvalue weighted by molar-refractivity contribution is 0.0780. The molecule has 0 aliphatic heterocycles. The van der Waals surface area contributed by atoms with E-state index in [0.29, 0.717) is 19.8 Å². The number of methoxy groups -OCH3 is 1. The van der Waals surface area contributed by atoms with Gasteiger partial charge in [0.05, 0.1) is 25.6 Å². The Morgan fingerprint density at radius 3 is 2.33 bits per heavy atom. The Kier molecular flexibility index (Phi) is 7.88. The first kappa shape index (κ1) is 18.1. The van der Waals surface area contributed by atoms with Crippen LogP contribution in [0.2, 0.25) is 0 Å². The van der Waals surface area contributed by atoms with Crippen LogP contribution in [0.4, 0.5) is 0 Å². The first-order valence-corrected chi connectivity index (χ1v) is 8.68. The lowest BCUT2D eigenvalue weighted by Crippen LogP contribution is -2.39. The van der Waals surface area contributed by atoms with Gasteiger partial charge < -0.3 is 9.47 Å². The average Bonchev–Trinajstić information content (AvgIpc) is 2.45. The van der Waals surface area contributed by atoms with Gasteiger partial charge in [-0.3, -0.25) is 0 Å². The lowest BCUT2D eigenvalue weighted by atomic mass is 10.2. The molecule has 0 spiro atoms. The third-order valence-electron chi connectivity index (χ3n) is 3.03. The zero-order valence-electron chi connectivity index (χ0n) is 13.0. The second-order valence-electron chi connectivity index (χ2n) is 5.05. The van der Waals surface area contributed by atoms with Crippen molar-refractivity contribution in [2.24, 2.45) is 0 Å². The molecule has 120 valence electrons. The van der Waals surface area contributed by atoms with Gasteiger partial charge in [0.25, 0.3) is 0 Å². The maximum Gasteiger partial charge on any atom is 0.216 e. The van der Waals surface area contributed by atoms with Crippen LogP contribution in [-0.2, 0) is 26.0 Å². The molecule has 1 aromatic carbocycles. The van der Waals surface area contributed by atoms with E-state index in [9.17, 15) is 8.42 Å². The van der Waals surface area contributed by atoms with Crippen molar-refractivity contribution in [2.75, 3.05) is 32.7 Å². The molecule has 6 heteroatoms. The summed E-state index contributed by atoms with van der Waals surface area (Å²) in [5.74, 6) is -0.0122. The Balaban J connectivity index is 2.61. The Morgan fingerprint density at radius 1 is 1.10 bits per heavy atom. The van der Waals surface area contributed by atoms with E-state index in [0.717, 1.165) is 5.56 Å². The van der Waals surface area contributed by atoms with Gasteiger partial charge in [0.1, 0.15) is 0 Å². The molecule has 0 atom stereocenters. The Morgan fingerprint density at radius 2 is 1.76 bits per heavy atom. The van der Waals surface area contributed by atoms with Crippen molar-refractivity contribution < 1.29 is 17.9 Å². The van der Waals surface area contributed by atoms with E-state index in [1.807, 2.05) is 44.2 Å². The van der Waals surface area contributed by atoms with Gasteiger partial charge in [0, 0.05) is 19.7 Å². The van der Waals surface area contributed by atoms with E-state index in [1.54, 1.807) is 7.11 Å². The summed E-state index contributed by atoms with van der Waals surface area (Å²) in [6, 6.07) is 9.51. The average molecular weight is 315 g/mol. The molecular formula is C15H25NO4S. The molecule has 0 saturated carbocycles. The van der Waals surface area contributed by atoms with Crippen LogP contribution in [0, 0.1) is 0 Å². The molecule has 0 bridgehead atoms. The molecule has 0 unspecified atom stereocenters. The largest absolute Gasteiger partial charge is 0.382 e. The highest BCUT2D eigenvalue weighted by atomic mass is 32.2. The Bertz CT molecular complexity index is 488. The van der Waals surface area contributed by atoms with Crippen molar-refractivity contribution in [1.82, 2.24) is 4.31 Å². The quantitative estimate of drug-likeness (QED) is 0.619. The van der Waals surface area contributed by atoms with Gasteiger partial charge >= 0.3 is 0 Å². The summed E-state index contributed by atoms with van der Waals surface area (Å²) in [6.45, 7) is 5.21. The van der Waals surface area contributed by atoms with Crippen LogP contribution in [0.15, 0.2) is 30.3 Å². The molecule has 0 heterocycles. The van der Waals surface area contributed by atoms with Crippen molar-refractivity contribution in [2.45, 2.75) is 26.4 Å². The van der Waals surface area contributed by atoms with E-state index in [1.165, 1.54) is 4.31 Å². The highest BCUT2D eigenvalue weighted by molar-refractivity contribution is 7.89. The third-order valence-corrected chi connectivity index (χ3v) is 4.98. The zero-order valence-corrected chi connectivity index (χ0v) is 13.8. The fourth-order valence-corrected chi connectivity index (χ4v) is 3.44. The van der Waals surface area contributed by atoms with Gasteiger partial charge in [-0.25, -0.2) is 8.42 Å². The Labute approximate surface area is 127 Å². The van der Waals surface area contributed by atoms with Crippen LogP contribution in [0.1, 0.15) is 19.4 Å². The van der Waals surface area contributed by atoms with Gasteiger partial charge in [-0.15, -0.1) is 0 Å². The minimum absolute atomic E-state index is 0.0122. The fraction of sp³-hybridized carbons (Fsp3) is 0.600. The summed E-state index contributed by atoms with van der Waals surface area (Å²) in [5.41, 5.74) is 0.982. The first-order chi connectivity index (χ1) is 9.97. The number of nitrogens with zero attached hydrogens (tertiary/aromatic N) is 1. The van der Waals surface area contributed by atoms with Crippen LogP contribution < -0.4 is 0 Å². The smallest absolute Gasteiger partial charge is 0.216 e. The predicted molar refractivity (Wildman–Crippen MR) is 83.6 cm³/mol. The highest BCUT2D eigenvalue weighted by Crippen LogP contribution is 2.13. The second kappa shape index (κ2) is 9.15. The first-order valence-electron chi connectivity index (χ1n) is 7.07. The summed E-state index contributed by atoms with van der Waals surface area (Å²) in [7, 11) is -1.76. The van der Waals surface area contributed by atoms with E-state index in [4.69, 9.17) is 9.47 Å². The summed E-state index contributed by atoms with van der Waals surface area (Å²) in [4.78, 5) is 0. The van der Waals surface area contributed by atoms with Crippen molar-refractivity contribution in [1.29, 1.82) is 0 Å². The minimum atomic E-state index is -3.34. The Hall–Kier alpha value is -0.950. The molecule has 1 aromatic rings. The molecule has 0 aliphatic carbocycles. The lowest BCUT2D eigenvalue weighted by Gasteiger charge is -2.26. The third kappa shape index (κ3) is 6.56. The summed E-state index contributed by atoms with van der Waals surface area (Å²) in [6.07, 6.45) is 0. The zero-order chi connectivity index (χ0) is 15.7. The number of hydrogen-bond donors (Lipinski definition) is 0. The van der Waals surface area contributed by atoms with Crippen LogP contribution in [-0.4, -0.2) is 51.4 Å². The van der Waals surface area contributed by atoms with Gasteiger partial charge in [0.15, 0.2) is 0 Å². The monoisotopic (exact) mass is 315 g/mol. The summed E-state index contributed by atoms with van der Waals surface area (Å²) >= 11 is 0. The highest BCUT2D eigenvalue weighted by Gasteiger charge is 2.24. The SMILES string of the molecule is COCCOCCS(=O)(=O)N(Cc1ccccc1)C(C)C. The minimum Gasteiger partial charge on any atom is -0.382 e. The fourth-order valence-electron chi connectivity index (χ4n) is 1.89. The van der Waals surface area contributed by atoms with E-state index in [2.05, 4.69) is 0 Å². The topological polar surface area (TPSA) is 55.8 Å². The summed E-state index contributed by atoms with van der Waals surface area (Å²) < 4.78 is 36.5. The number of benzene rings is 1. The van der Waals surface area contributed by atoms with Gasteiger partial charge in [-0.05, 0) is 19.4 Å². The predicted octanol–water partition coefficient (Wildman–Crippen LogP) is 1.89. The molecule has 0 fully saturated rings.